The lowest BCUT2D eigenvalue weighted by atomic mass is 10.3. The molecule has 0 saturated heterocycles. The van der Waals surface area contributed by atoms with E-state index < -0.39 is 11.9 Å². The lowest BCUT2D eigenvalue weighted by Crippen LogP contribution is -2.45. The minimum atomic E-state index is -0.551. The first kappa shape index (κ1) is 6.03. The summed E-state index contributed by atoms with van der Waals surface area (Å²) in [5.41, 5.74) is 10.2. The highest BCUT2D eigenvalue weighted by Gasteiger charge is 2.22. The average Bonchev–Trinajstić information content (AvgIpc) is 2.13. The monoisotopic (exact) mass is 128 g/mol. The molecule has 0 aromatic rings. The standard InChI is InChI=1S/C4H8N4O/c5-3-2(4(6)9)7-1-8-3/h2,7H,1H2,(H2,5,8)(H2,6,9). The number of aliphatic imine (C=N–C) groups is 1. The van der Waals surface area contributed by atoms with Crippen molar-refractivity contribution in [2.45, 2.75) is 6.04 Å². The van der Waals surface area contributed by atoms with Crippen LogP contribution in [0.5, 0.6) is 0 Å². The van der Waals surface area contributed by atoms with E-state index in [1.54, 1.807) is 0 Å². The molecule has 1 aliphatic heterocycles. The number of nitrogens with one attached hydrogen (secondary N) is 1. The molecule has 0 saturated carbocycles. The van der Waals surface area contributed by atoms with E-state index in [2.05, 4.69) is 10.3 Å². The molecule has 0 spiro atoms. The normalized spacial score (nSPS) is 25.8. The van der Waals surface area contributed by atoms with Crippen LogP contribution in [0.1, 0.15) is 0 Å². The van der Waals surface area contributed by atoms with Crippen molar-refractivity contribution in [3.63, 3.8) is 0 Å². The Morgan fingerprint density at radius 2 is 2.56 bits per heavy atom. The van der Waals surface area contributed by atoms with Gasteiger partial charge in [0, 0.05) is 0 Å². The van der Waals surface area contributed by atoms with Crippen LogP contribution in [-0.4, -0.2) is 24.5 Å². The van der Waals surface area contributed by atoms with Crippen LogP contribution >= 0.6 is 0 Å². The molecule has 1 aliphatic rings. The van der Waals surface area contributed by atoms with Gasteiger partial charge < -0.3 is 11.5 Å². The Kier molecular flexibility index (Phi) is 1.35. The zero-order chi connectivity index (χ0) is 6.85. The number of nitrogens with zero attached hydrogens (tertiary/aromatic N) is 1. The lowest BCUT2D eigenvalue weighted by Gasteiger charge is -2.02. The van der Waals surface area contributed by atoms with Crippen molar-refractivity contribution in [2.75, 3.05) is 6.67 Å². The molecule has 0 bridgehead atoms. The van der Waals surface area contributed by atoms with E-state index in [9.17, 15) is 4.79 Å². The molecule has 1 heterocycles. The summed E-state index contributed by atoms with van der Waals surface area (Å²) < 4.78 is 0. The molecule has 1 amide bonds. The van der Waals surface area contributed by atoms with E-state index in [4.69, 9.17) is 11.5 Å². The highest BCUT2D eigenvalue weighted by molar-refractivity contribution is 6.06. The maximum absolute atomic E-state index is 10.4. The molecule has 5 nitrogen and oxygen atoms in total. The number of hydrogen-bond acceptors (Lipinski definition) is 4. The van der Waals surface area contributed by atoms with Gasteiger partial charge in [-0.25, -0.2) is 0 Å². The molecule has 9 heavy (non-hydrogen) atoms. The van der Waals surface area contributed by atoms with E-state index in [0.717, 1.165) is 0 Å². The second kappa shape index (κ2) is 2.02. The van der Waals surface area contributed by atoms with Crippen LogP contribution in [0.3, 0.4) is 0 Å². The Bertz CT molecular complexity index is 164. The first-order valence-electron chi connectivity index (χ1n) is 2.54. The summed E-state index contributed by atoms with van der Waals surface area (Å²) in [5, 5.41) is 2.70. The van der Waals surface area contributed by atoms with Gasteiger partial charge >= 0.3 is 0 Å². The van der Waals surface area contributed by atoms with Gasteiger partial charge in [-0.05, 0) is 0 Å². The smallest absolute Gasteiger partial charge is 0.242 e. The number of rotatable bonds is 1. The topological polar surface area (TPSA) is 93.5 Å². The predicted molar refractivity (Wildman–Crippen MR) is 32.6 cm³/mol. The number of amides is 1. The van der Waals surface area contributed by atoms with E-state index in [1.165, 1.54) is 0 Å². The number of primary amides is 1. The number of carbonyl (C=O) groups excluding carboxylic acids is 1. The fraction of sp³-hybridized carbons (Fsp3) is 0.500. The lowest BCUT2D eigenvalue weighted by molar-refractivity contribution is -0.118. The minimum absolute atomic E-state index is 0.280. The van der Waals surface area contributed by atoms with Gasteiger partial charge in [0.25, 0.3) is 0 Å². The molecule has 0 fully saturated rings. The number of amidine groups is 1. The minimum Gasteiger partial charge on any atom is -0.386 e. The third-order valence-corrected chi connectivity index (χ3v) is 1.14. The molecule has 5 heteroatoms. The Morgan fingerprint density at radius 1 is 1.89 bits per heavy atom. The van der Waals surface area contributed by atoms with Crippen molar-refractivity contribution < 1.29 is 4.79 Å². The summed E-state index contributed by atoms with van der Waals surface area (Å²) in [6, 6.07) is -0.551. The molecule has 0 aliphatic carbocycles. The number of nitrogens with two attached hydrogens (primary N) is 2. The summed E-state index contributed by atoms with van der Waals surface area (Å²) in [6.07, 6.45) is 0. The van der Waals surface area contributed by atoms with Crippen molar-refractivity contribution >= 4 is 11.7 Å². The largest absolute Gasteiger partial charge is 0.386 e. The van der Waals surface area contributed by atoms with Crippen LogP contribution < -0.4 is 16.8 Å². The number of hydrogen-bond donors (Lipinski definition) is 3. The van der Waals surface area contributed by atoms with Gasteiger partial charge in [-0.2, -0.15) is 0 Å². The van der Waals surface area contributed by atoms with Gasteiger partial charge in [-0.1, -0.05) is 0 Å². The van der Waals surface area contributed by atoms with Gasteiger partial charge in [0.1, 0.15) is 11.9 Å². The Balaban J connectivity index is 2.63. The van der Waals surface area contributed by atoms with E-state index in [0.29, 0.717) is 6.67 Å². The van der Waals surface area contributed by atoms with Gasteiger partial charge in [-0.3, -0.25) is 15.1 Å². The SMILES string of the molecule is NC(=O)C1NCN=C1N. The maximum atomic E-state index is 10.4. The molecule has 0 aromatic heterocycles. The Hall–Kier alpha value is -1.10. The quantitative estimate of drug-likeness (QED) is 0.372. The molecular formula is C4H8N4O. The van der Waals surface area contributed by atoms with Crippen LogP contribution in [0.25, 0.3) is 0 Å². The van der Waals surface area contributed by atoms with Crippen molar-refractivity contribution in [2.24, 2.45) is 16.5 Å². The van der Waals surface area contributed by atoms with Crippen molar-refractivity contribution in [1.29, 1.82) is 0 Å². The van der Waals surface area contributed by atoms with Crippen LogP contribution in [0.4, 0.5) is 0 Å². The molecule has 0 aromatic carbocycles. The summed E-state index contributed by atoms with van der Waals surface area (Å²) in [6.45, 7) is 0.388. The van der Waals surface area contributed by atoms with Crippen LogP contribution in [0.15, 0.2) is 4.99 Å². The van der Waals surface area contributed by atoms with E-state index in [-0.39, 0.29) is 5.84 Å². The zero-order valence-corrected chi connectivity index (χ0v) is 4.79. The fourth-order valence-electron chi connectivity index (χ4n) is 0.670. The Morgan fingerprint density at radius 3 is 2.78 bits per heavy atom. The molecular weight excluding hydrogens is 120 g/mol. The summed E-state index contributed by atoms with van der Waals surface area (Å²) in [7, 11) is 0. The van der Waals surface area contributed by atoms with E-state index >= 15 is 0 Å². The van der Waals surface area contributed by atoms with Crippen LogP contribution in [0, 0.1) is 0 Å². The molecule has 1 unspecified atom stereocenters. The first-order chi connectivity index (χ1) is 4.22. The van der Waals surface area contributed by atoms with Gasteiger partial charge in [0.15, 0.2) is 0 Å². The second-order valence-electron chi connectivity index (χ2n) is 1.78. The zero-order valence-electron chi connectivity index (χ0n) is 4.79. The first-order valence-corrected chi connectivity index (χ1v) is 2.54. The second-order valence-corrected chi connectivity index (χ2v) is 1.78. The highest BCUT2D eigenvalue weighted by Crippen LogP contribution is 1.89. The fourth-order valence-corrected chi connectivity index (χ4v) is 0.670. The number of carbonyl (C=O) groups is 1. The molecule has 0 radical (unpaired) electrons. The molecule has 5 N–H and O–H groups in total. The predicted octanol–water partition coefficient (Wildman–Crippen LogP) is -2.24. The highest BCUT2D eigenvalue weighted by atomic mass is 16.1. The molecule has 50 valence electrons. The van der Waals surface area contributed by atoms with Gasteiger partial charge in [-0.15, -0.1) is 0 Å². The summed E-state index contributed by atoms with van der Waals surface area (Å²) >= 11 is 0. The third-order valence-electron chi connectivity index (χ3n) is 1.14. The van der Waals surface area contributed by atoms with Crippen LogP contribution in [0.2, 0.25) is 0 Å². The summed E-state index contributed by atoms with van der Waals surface area (Å²) in [5.74, 6) is -0.198. The maximum Gasteiger partial charge on any atom is 0.242 e. The summed E-state index contributed by atoms with van der Waals surface area (Å²) in [4.78, 5) is 14.1. The third kappa shape index (κ3) is 0.996. The van der Waals surface area contributed by atoms with Gasteiger partial charge in [0.2, 0.25) is 5.91 Å². The average molecular weight is 128 g/mol. The molecule has 1 rings (SSSR count). The van der Waals surface area contributed by atoms with Gasteiger partial charge in [0.05, 0.1) is 6.67 Å². The Labute approximate surface area is 52.1 Å². The van der Waals surface area contributed by atoms with Crippen LogP contribution in [-0.2, 0) is 4.79 Å². The van der Waals surface area contributed by atoms with Crippen molar-refractivity contribution in [3.8, 4) is 0 Å². The van der Waals surface area contributed by atoms with E-state index in [1.807, 2.05) is 0 Å². The van der Waals surface area contributed by atoms with Crippen molar-refractivity contribution in [3.05, 3.63) is 0 Å². The molecule has 1 atom stereocenters. The van der Waals surface area contributed by atoms with Crippen molar-refractivity contribution in [1.82, 2.24) is 5.32 Å².